The molecule has 2 amide bonds. The molecule has 0 unspecified atom stereocenters. The minimum absolute atomic E-state index is 0.0141. The second-order valence-corrected chi connectivity index (χ2v) is 7.79. The van der Waals surface area contributed by atoms with E-state index < -0.39 is 0 Å². The third-order valence-electron chi connectivity index (χ3n) is 5.56. The molecular weight excluding hydrogens is 380 g/mol. The van der Waals surface area contributed by atoms with E-state index in [4.69, 9.17) is 0 Å². The molecule has 3 rings (SSSR count). The van der Waals surface area contributed by atoms with E-state index in [1.54, 1.807) is 30.5 Å². The number of rotatable bonds is 6. The van der Waals surface area contributed by atoms with Gasteiger partial charge in [-0.25, -0.2) is 4.98 Å². The number of Topliss-reactive ketones (excluding diaryl/α,β-unsaturated/α-hetero) is 1. The maximum absolute atomic E-state index is 12.7. The average molecular weight is 409 g/mol. The van der Waals surface area contributed by atoms with Crippen LogP contribution >= 0.6 is 0 Å². The number of piperidine rings is 1. The van der Waals surface area contributed by atoms with Crippen LogP contribution in [0, 0.1) is 12.8 Å². The van der Waals surface area contributed by atoms with Crippen LogP contribution in [0.25, 0.3) is 0 Å². The van der Waals surface area contributed by atoms with Gasteiger partial charge in [0.2, 0.25) is 11.8 Å². The van der Waals surface area contributed by atoms with Crippen LogP contribution in [0.4, 0.5) is 11.5 Å². The molecule has 7 heteroatoms. The predicted octanol–water partition coefficient (Wildman–Crippen LogP) is 3.27. The molecule has 1 saturated heterocycles. The van der Waals surface area contributed by atoms with Crippen molar-refractivity contribution in [3.63, 3.8) is 0 Å². The van der Waals surface area contributed by atoms with Crippen molar-refractivity contribution < 1.29 is 14.4 Å². The summed E-state index contributed by atoms with van der Waals surface area (Å²) in [5.74, 6) is 0.186. The van der Waals surface area contributed by atoms with Gasteiger partial charge in [0.15, 0.2) is 5.78 Å². The van der Waals surface area contributed by atoms with Gasteiger partial charge in [-0.05, 0) is 76.1 Å². The highest BCUT2D eigenvalue weighted by Crippen LogP contribution is 2.22. The number of aryl methyl sites for hydroxylation is 1. The van der Waals surface area contributed by atoms with Crippen LogP contribution in [-0.2, 0) is 9.59 Å². The fraction of sp³-hybridized carbons (Fsp3) is 0.391. The first kappa shape index (κ1) is 21.6. The summed E-state index contributed by atoms with van der Waals surface area (Å²) in [4.78, 5) is 43.1. The minimum atomic E-state index is -0.371. The number of carbonyl (C=O) groups is 3. The largest absolute Gasteiger partial charge is 0.325 e. The predicted molar refractivity (Wildman–Crippen MR) is 116 cm³/mol. The van der Waals surface area contributed by atoms with Crippen LogP contribution in [0.1, 0.15) is 42.6 Å². The van der Waals surface area contributed by atoms with Crippen molar-refractivity contribution in [2.75, 3.05) is 23.7 Å². The van der Waals surface area contributed by atoms with Crippen molar-refractivity contribution >= 4 is 29.1 Å². The van der Waals surface area contributed by atoms with Gasteiger partial charge >= 0.3 is 0 Å². The summed E-state index contributed by atoms with van der Waals surface area (Å²) in [6.07, 6.45) is 3.30. The third kappa shape index (κ3) is 5.30. The standard InChI is InChI=1S/C23H28N4O3/c1-15-6-4-12-24-21(15)26-23(30)19-7-5-13-27(14-19)16(2)22(29)25-20-10-8-18(9-11-20)17(3)28/h4,6,8-12,16,19H,5,7,13-14H2,1-3H3,(H,25,29)(H,24,26,30)/t16-,19-/m0/s1. The molecule has 2 aromatic rings. The van der Waals surface area contributed by atoms with Crippen LogP contribution in [-0.4, -0.2) is 46.6 Å². The van der Waals surface area contributed by atoms with E-state index in [1.807, 2.05) is 30.9 Å². The van der Waals surface area contributed by atoms with Crippen molar-refractivity contribution in [1.29, 1.82) is 0 Å². The Labute approximate surface area is 176 Å². The zero-order chi connectivity index (χ0) is 21.7. The van der Waals surface area contributed by atoms with Gasteiger partial charge in [0, 0.05) is 24.0 Å². The molecule has 0 spiro atoms. The Morgan fingerprint density at radius 1 is 1.13 bits per heavy atom. The first-order valence-corrected chi connectivity index (χ1v) is 10.2. The van der Waals surface area contributed by atoms with Crippen LogP contribution in [0.2, 0.25) is 0 Å². The number of anilines is 2. The molecule has 2 atom stereocenters. The van der Waals surface area contributed by atoms with Crippen molar-refractivity contribution in [1.82, 2.24) is 9.88 Å². The van der Waals surface area contributed by atoms with E-state index >= 15 is 0 Å². The Morgan fingerprint density at radius 2 is 1.87 bits per heavy atom. The van der Waals surface area contributed by atoms with Gasteiger partial charge in [0.25, 0.3) is 0 Å². The molecule has 1 aliphatic rings. The fourth-order valence-electron chi connectivity index (χ4n) is 3.61. The molecule has 2 N–H and O–H groups in total. The average Bonchev–Trinajstić information content (AvgIpc) is 2.75. The lowest BCUT2D eigenvalue weighted by atomic mass is 9.95. The Hall–Kier alpha value is -3.06. The zero-order valence-electron chi connectivity index (χ0n) is 17.6. The van der Waals surface area contributed by atoms with Crippen molar-refractivity contribution in [3.8, 4) is 0 Å². The molecule has 0 radical (unpaired) electrons. The van der Waals surface area contributed by atoms with E-state index in [9.17, 15) is 14.4 Å². The summed E-state index contributed by atoms with van der Waals surface area (Å²) in [5, 5.41) is 5.81. The highest BCUT2D eigenvalue weighted by atomic mass is 16.2. The number of likely N-dealkylation sites (tertiary alicyclic amines) is 1. The topological polar surface area (TPSA) is 91.4 Å². The van der Waals surface area contributed by atoms with Crippen LogP contribution in [0.3, 0.4) is 0 Å². The van der Waals surface area contributed by atoms with Crippen LogP contribution in [0.15, 0.2) is 42.6 Å². The Morgan fingerprint density at radius 3 is 2.53 bits per heavy atom. The number of nitrogens with zero attached hydrogens (tertiary/aromatic N) is 2. The van der Waals surface area contributed by atoms with Gasteiger partial charge in [-0.2, -0.15) is 0 Å². The normalized spacial score (nSPS) is 17.8. The van der Waals surface area contributed by atoms with E-state index in [0.29, 0.717) is 23.6 Å². The van der Waals surface area contributed by atoms with Crippen molar-refractivity contribution in [2.24, 2.45) is 5.92 Å². The summed E-state index contributed by atoms with van der Waals surface area (Å²) in [6, 6.07) is 10.2. The number of aromatic nitrogens is 1. The van der Waals surface area contributed by atoms with Gasteiger partial charge in [-0.3, -0.25) is 19.3 Å². The number of amides is 2. The lowest BCUT2D eigenvalue weighted by Crippen LogP contribution is -2.49. The first-order valence-electron chi connectivity index (χ1n) is 10.2. The molecule has 2 heterocycles. The van der Waals surface area contributed by atoms with Gasteiger partial charge in [-0.15, -0.1) is 0 Å². The number of pyridine rings is 1. The Kier molecular flexibility index (Phi) is 6.95. The molecule has 0 saturated carbocycles. The fourth-order valence-corrected chi connectivity index (χ4v) is 3.61. The molecule has 158 valence electrons. The lowest BCUT2D eigenvalue weighted by molar-refractivity contribution is -0.125. The zero-order valence-corrected chi connectivity index (χ0v) is 17.6. The van der Waals surface area contributed by atoms with Crippen LogP contribution in [0.5, 0.6) is 0 Å². The van der Waals surface area contributed by atoms with Crippen molar-refractivity contribution in [2.45, 2.75) is 39.7 Å². The number of benzene rings is 1. The SMILES string of the molecule is CC(=O)c1ccc(NC(=O)[C@H](C)N2CCC[C@H](C(=O)Nc3ncccc3C)C2)cc1. The van der Waals surface area contributed by atoms with Gasteiger partial charge in [-0.1, -0.05) is 6.07 Å². The summed E-state index contributed by atoms with van der Waals surface area (Å²) in [7, 11) is 0. The first-order chi connectivity index (χ1) is 14.3. The van der Waals surface area contributed by atoms with Crippen molar-refractivity contribution in [3.05, 3.63) is 53.7 Å². The smallest absolute Gasteiger partial charge is 0.241 e. The number of ketones is 1. The maximum Gasteiger partial charge on any atom is 0.241 e. The molecule has 30 heavy (non-hydrogen) atoms. The van der Waals surface area contributed by atoms with Gasteiger partial charge in [0.05, 0.1) is 12.0 Å². The molecule has 1 aromatic heterocycles. The van der Waals surface area contributed by atoms with E-state index in [2.05, 4.69) is 15.6 Å². The second-order valence-electron chi connectivity index (χ2n) is 7.79. The minimum Gasteiger partial charge on any atom is -0.325 e. The summed E-state index contributed by atoms with van der Waals surface area (Å²) < 4.78 is 0. The Bertz CT molecular complexity index is 926. The lowest BCUT2D eigenvalue weighted by Gasteiger charge is -2.35. The quantitative estimate of drug-likeness (QED) is 0.716. The number of hydrogen-bond acceptors (Lipinski definition) is 5. The molecule has 1 aliphatic heterocycles. The molecule has 1 fully saturated rings. The summed E-state index contributed by atoms with van der Waals surface area (Å²) >= 11 is 0. The second kappa shape index (κ2) is 9.63. The number of carbonyl (C=O) groups excluding carboxylic acids is 3. The van der Waals surface area contributed by atoms with E-state index in [0.717, 1.165) is 24.9 Å². The summed E-state index contributed by atoms with van der Waals surface area (Å²) in [5.41, 5.74) is 2.17. The number of nitrogens with one attached hydrogen (secondary N) is 2. The Balaban J connectivity index is 1.58. The maximum atomic E-state index is 12.7. The van der Waals surface area contributed by atoms with Crippen LogP contribution < -0.4 is 10.6 Å². The molecular formula is C23H28N4O3. The van der Waals surface area contributed by atoms with E-state index in [-0.39, 0.29) is 29.6 Å². The van der Waals surface area contributed by atoms with Gasteiger partial charge in [0.1, 0.15) is 5.82 Å². The monoisotopic (exact) mass is 408 g/mol. The summed E-state index contributed by atoms with van der Waals surface area (Å²) in [6.45, 7) is 6.56. The highest BCUT2D eigenvalue weighted by Gasteiger charge is 2.31. The van der Waals surface area contributed by atoms with E-state index in [1.165, 1.54) is 6.92 Å². The molecule has 7 nitrogen and oxygen atoms in total. The third-order valence-corrected chi connectivity index (χ3v) is 5.56. The molecule has 0 aliphatic carbocycles. The molecule has 1 aromatic carbocycles. The molecule has 0 bridgehead atoms. The number of hydrogen-bond donors (Lipinski definition) is 2. The highest BCUT2D eigenvalue weighted by molar-refractivity contribution is 5.97. The van der Waals surface area contributed by atoms with Gasteiger partial charge < -0.3 is 10.6 Å².